The van der Waals surface area contributed by atoms with E-state index in [0.717, 1.165) is 51.9 Å². The molecule has 0 bridgehead atoms. The standard InChI is InChI=1S/C31H31N5O2/c1-20-9-13-22(14-10-20)36-28(19-26(35-36)31(2,3)4)34-30(38)29(37)25-15-11-21(12-16-27-32-17-18-33-27)23-7-5-6-8-24(23)25/h5-11,13-15,17-19H,12,16H2,1-4H3,(H,32,33)(H,34,38). The number of aryl methyl sites for hydroxylation is 3. The van der Waals surface area contributed by atoms with Crippen LogP contribution in [0.25, 0.3) is 16.5 Å². The molecule has 0 unspecified atom stereocenters. The van der Waals surface area contributed by atoms with Crippen LogP contribution in [0.3, 0.4) is 0 Å². The summed E-state index contributed by atoms with van der Waals surface area (Å²) in [5.74, 6) is 0.0740. The topological polar surface area (TPSA) is 92.7 Å². The number of H-pyrrole nitrogens is 1. The third kappa shape index (κ3) is 5.13. The number of nitrogens with one attached hydrogen (secondary N) is 2. The minimum atomic E-state index is -0.702. The van der Waals surface area contributed by atoms with E-state index in [2.05, 4.69) is 36.1 Å². The maximum atomic E-state index is 13.5. The molecule has 2 heterocycles. The van der Waals surface area contributed by atoms with Gasteiger partial charge in [-0.25, -0.2) is 9.67 Å². The molecule has 0 atom stereocenters. The second-order valence-electron chi connectivity index (χ2n) is 10.5. The van der Waals surface area contributed by atoms with Gasteiger partial charge in [0.25, 0.3) is 11.7 Å². The zero-order valence-electron chi connectivity index (χ0n) is 22.1. The van der Waals surface area contributed by atoms with Crippen LogP contribution in [0, 0.1) is 6.92 Å². The van der Waals surface area contributed by atoms with Crippen molar-refractivity contribution in [3.63, 3.8) is 0 Å². The Kier molecular flexibility index (Phi) is 6.68. The van der Waals surface area contributed by atoms with Gasteiger partial charge in [-0.05, 0) is 47.9 Å². The minimum Gasteiger partial charge on any atom is -0.349 e. The van der Waals surface area contributed by atoms with Crippen LogP contribution in [0.15, 0.2) is 79.1 Å². The van der Waals surface area contributed by atoms with Gasteiger partial charge in [-0.3, -0.25) is 9.59 Å². The Hall–Kier alpha value is -4.52. The molecule has 5 aromatic rings. The molecule has 1 amide bonds. The Bertz CT molecular complexity index is 1610. The molecule has 0 spiro atoms. The lowest BCUT2D eigenvalue weighted by atomic mass is 9.92. The Morgan fingerprint density at radius 3 is 2.37 bits per heavy atom. The first-order valence-electron chi connectivity index (χ1n) is 12.7. The Morgan fingerprint density at radius 2 is 1.68 bits per heavy atom. The summed E-state index contributed by atoms with van der Waals surface area (Å²) in [6.07, 6.45) is 5.07. The molecule has 3 aromatic carbocycles. The number of nitrogens with zero attached hydrogens (tertiary/aromatic N) is 3. The number of rotatable bonds is 7. The highest BCUT2D eigenvalue weighted by molar-refractivity contribution is 6.48. The Balaban J connectivity index is 1.45. The van der Waals surface area contributed by atoms with Gasteiger partial charge >= 0.3 is 0 Å². The first kappa shape index (κ1) is 25.1. The monoisotopic (exact) mass is 505 g/mol. The van der Waals surface area contributed by atoms with Crippen LogP contribution in [0.5, 0.6) is 0 Å². The molecule has 0 saturated heterocycles. The third-order valence-corrected chi connectivity index (χ3v) is 6.65. The molecule has 0 aliphatic rings. The molecule has 5 rings (SSSR count). The molecule has 0 saturated carbocycles. The van der Waals surface area contributed by atoms with Crippen molar-refractivity contribution in [1.82, 2.24) is 19.7 Å². The Morgan fingerprint density at radius 1 is 0.947 bits per heavy atom. The maximum Gasteiger partial charge on any atom is 0.297 e. The molecule has 7 nitrogen and oxygen atoms in total. The van der Waals surface area contributed by atoms with Crippen molar-refractivity contribution in [2.45, 2.75) is 46.0 Å². The fourth-order valence-electron chi connectivity index (χ4n) is 4.48. The summed E-state index contributed by atoms with van der Waals surface area (Å²) >= 11 is 0. The van der Waals surface area contributed by atoms with E-state index in [1.165, 1.54) is 0 Å². The largest absolute Gasteiger partial charge is 0.349 e. The lowest BCUT2D eigenvalue weighted by molar-refractivity contribution is -0.112. The first-order valence-corrected chi connectivity index (χ1v) is 12.7. The van der Waals surface area contributed by atoms with E-state index in [4.69, 9.17) is 5.10 Å². The number of aromatic nitrogens is 4. The number of benzene rings is 3. The van der Waals surface area contributed by atoms with Crippen molar-refractivity contribution in [1.29, 1.82) is 0 Å². The summed E-state index contributed by atoms with van der Waals surface area (Å²) in [4.78, 5) is 34.2. The van der Waals surface area contributed by atoms with Crippen molar-refractivity contribution in [2.75, 3.05) is 5.32 Å². The van der Waals surface area contributed by atoms with Gasteiger partial charge in [0.15, 0.2) is 0 Å². The normalized spacial score (nSPS) is 11.6. The second kappa shape index (κ2) is 10.1. The van der Waals surface area contributed by atoms with E-state index in [1.54, 1.807) is 16.9 Å². The van der Waals surface area contributed by atoms with E-state index in [9.17, 15) is 9.59 Å². The highest BCUT2D eigenvalue weighted by Crippen LogP contribution is 2.28. The molecule has 38 heavy (non-hydrogen) atoms. The lowest BCUT2D eigenvalue weighted by Crippen LogP contribution is -2.24. The van der Waals surface area contributed by atoms with Gasteiger partial charge in [0.1, 0.15) is 11.6 Å². The van der Waals surface area contributed by atoms with Crippen LogP contribution in [0.4, 0.5) is 5.82 Å². The average molecular weight is 506 g/mol. The fraction of sp³-hybridized carbons (Fsp3) is 0.226. The fourth-order valence-corrected chi connectivity index (χ4v) is 4.48. The average Bonchev–Trinajstić information content (AvgIpc) is 3.57. The number of carbonyl (C=O) groups is 2. The Labute approximate surface area is 221 Å². The number of ketones is 1. The van der Waals surface area contributed by atoms with Crippen LogP contribution in [-0.4, -0.2) is 31.4 Å². The lowest BCUT2D eigenvalue weighted by Gasteiger charge is -2.14. The van der Waals surface area contributed by atoms with E-state index in [-0.39, 0.29) is 5.41 Å². The number of hydrogen-bond acceptors (Lipinski definition) is 4. The maximum absolute atomic E-state index is 13.5. The number of amides is 1. The molecule has 2 aromatic heterocycles. The molecular formula is C31H31N5O2. The SMILES string of the molecule is Cc1ccc(-n2nc(C(C)(C)C)cc2NC(=O)C(=O)c2ccc(CCc3ncc[nH]3)c3ccccc23)cc1. The number of hydrogen-bond donors (Lipinski definition) is 2. The highest BCUT2D eigenvalue weighted by Gasteiger charge is 2.25. The summed E-state index contributed by atoms with van der Waals surface area (Å²) in [7, 11) is 0. The number of anilines is 1. The molecule has 0 radical (unpaired) electrons. The van der Waals surface area contributed by atoms with E-state index in [0.29, 0.717) is 11.4 Å². The van der Waals surface area contributed by atoms with Crippen molar-refractivity contribution in [2.24, 2.45) is 0 Å². The van der Waals surface area contributed by atoms with Gasteiger partial charge in [0, 0.05) is 35.9 Å². The predicted octanol–water partition coefficient (Wildman–Crippen LogP) is 5.96. The van der Waals surface area contributed by atoms with Crippen LogP contribution in [0.2, 0.25) is 0 Å². The smallest absolute Gasteiger partial charge is 0.297 e. The molecule has 192 valence electrons. The van der Waals surface area contributed by atoms with Crippen LogP contribution < -0.4 is 5.32 Å². The zero-order chi connectivity index (χ0) is 26.9. The number of fused-ring (bicyclic) bond motifs is 1. The van der Waals surface area contributed by atoms with Crippen LogP contribution in [-0.2, 0) is 23.1 Å². The number of carbonyl (C=O) groups excluding carboxylic acids is 2. The molecular weight excluding hydrogens is 474 g/mol. The summed E-state index contributed by atoms with van der Waals surface area (Å²) in [5, 5.41) is 9.30. The van der Waals surface area contributed by atoms with Gasteiger partial charge < -0.3 is 10.3 Å². The minimum absolute atomic E-state index is 0.235. The van der Waals surface area contributed by atoms with Gasteiger partial charge in [0.2, 0.25) is 0 Å². The van der Waals surface area contributed by atoms with Crippen LogP contribution >= 0.6 is 0 Å². The van der Waals surface area contributed by atoms with Gasteiger partial charge in [0.05, 0.1) is 11.4 Å². The molecule has 0 aliphatic carbocycles. The summed E-state index contributed by atoms with van der Waals surface area (Å²) in [6.45, 7) is 8.20. The van der Waals surface area contributed by atoms with Crippen LogP contribution in [0.1, 0.15) is 53.8 Å². The first-order chi connectivity index (χ1) is 18.2. The number of aromatic amines is 1. The quantitative estimate of drug-likeness (QED) is 0.211. The summed E-state index contributed by atoms with van der Waals surface area (Å²) in [5.41, 5.74) is 3.98. The molecule has 0 fully saturated rings. The molecule has 2 N–H and O–H groups in total. The van der Waals surface area contributed by atoms with Crippen molar-refractivity contribution in [3.05, 3.63) is 107 Å². The van der Waals surface area contributed by atoms with Crippen molar-refractivity contribution in [3.8, 4) is 5.69 Å². The van der Waals surface area contributed by atoms with Gasteiger partial charge in [-0.2, -0.15) is 5.10 Å². The summed E-state index contributed by atoms with van der Waals surface area (Å²) in [6, 6.07) is 21.1. The third-order valence-electron chi connectivity index (χ3n) is 6.65. The number of imidazole rings is 1. The van der Waals surface area contributed by atoms with Gasteiger partial charge in [-0.15, -0.1) is 0 Å². The number of Topliss-reactive ketones (excluding diaryl/α,β-unsaturated/α-hetero) is 1. The zero-order valence-corrected chi connectivity index (χ0v) is 22.1. The van der Waals surface area contributed by atoms with Gasteiger partial charge in [-0.1, -0.05) is 68.8 Å². The highest BCUT2D eigenvalue weighted by atomic mass is 16.2. The van der Waals surface area contributed by atoms with E-state index in [1.807, 2.05) is 73.8 Å². The molecule has 7 heteroatoms. The summed E-state index contributed by atoms with van der Waals surface area (Å²) < 4.78 is 1.68. The second-order valence-corrected chi connectivity index (χ2v) is 10.5. The molecule has 0 aliphatic heterocycles. The predicted molar refractivity (Wildman–Crippen MR) is 150 cm³/mol. The van der Waals surface area contributed by atoms with E-state index >= 15 is 0 Å². The van der Waals surface area contributed by atoms with Crippen molar-refractivity contribution >= 4 is 28.3 Å². The van der Waals surface area contributed by atoms with Crippen molar-refractivity contribution < 1.29 is 9.59 Å². The van der Waals surface area contributed by atoms with E-state index < -0.39 is 11.7 Å².